The van der Waals surface area contributed by atoms with Gasteiger partial charge in [-0.2, -0.15) is 0 Å². The highest BCUT2D eigenvalue weighted by Crippen LogP contribution is 2.19. The van der Waals surface area contributed by atoms with Crippen molar-refractivity contribution in [3.05, 3.63) is 29.8 Å². The lowest BCUT2D eigenvalue weighted by atomic mass is 10.1. The van der Waals surface area contributed by atoms with Gasteiger partial charge in [0.2, 0.25) is 0 Å². The number of benzene rings is 1. The SMILES string of the molecule is CC(C)COc1ccc(C(C)NC2COC2)cc1. The van der Waals surface area contributed by atoms with Crippen molar-refractivity contribution < 1.29 is 9.47 Å². The van der Waals surface area contributed by atoms with Crippen LogP contribution in [0, 0.1) is 5.92 Å². The van der Waals surface area contributed by atoms with Crippen LogP contribution >= 0.6 is 0 Å². The highest BCUT2D eigenvalue weighted by Gasteiger charge is 2.20. The van der Waals surface area contributed by atoms with Crippen LogP contribution in [0.1, 0.15) is 32.4 Å². The lowest BCUT2D eigenvalue weighted by molar-refractivity contribution is -0.00925. The zero-order chi connectivity index (χ0) is 13.0. The van der Waals surface area contributed by atoms with E-state index < -0.39 is 0 Å². The molecular formula is C15H23NO2. The Morgan fingerprint density at radius 1 is 1.22 bits per heavy atom. The molecule has 1 atom stereocenters. The Balaban J connectivity index is 1.85. The molecule has 0 amide bonds. The molecule has 1 unspecified atom stereocenters. The van der Waals surface area contributed by atoms with E-state index in [0.29, 0.717) is 18.0 Å². The summed E-state index contributed by atoms with van der Waals surface area (Å²) >= 11 is 0. The summed E-state index contributed by atoms with van der Waals surface area (Å²) in [6.45, 7) is 8.93. The Morgan fingerprint density at radius 2 is 1.89 bits per heavy atom. The van der Waals surface area contributed by atoms with Crippen molar-refractivity contribution in [3.8, 4) is 5.75 Å². The number of nitrogens with one attached hydrogen (secondary N) is 1. The van der Waals surface area contributed by atoms with Crippen molar-refractivity contribution in [2.45, 2.75) is 32.9 Å². The van der Waals surface area contributed by atoms with Gasteiger partial charge in [-0.15, -0.1) is 0 Å². The van der Waals surface area contributed by atoms with E-state index >= 15 is 0 Å². The molecule has 0 radical (unpaired) electrons. The van der Waals surface area contributed by atoms with Crippen molar-refractivity contribution in [3.63, 3.8) is 0 Å². The number of ether oxygens (including phenoxy) is 2. The fraction of sp³-hybridized carbons (Fsp3) is 0.600. The molecule has 0 aliphatic carbocycles. The molecule has 2 rings (SSSR count). The predicted octanol–water partition coefficient (Wildman–Crippen LogP) is 2.77. The second-order valence-corrected chi connectivity index (χ2v) is 5.40. The van der Waals surface area contributed by atoms with Gasteiger partial charge < -0.3 is 14.8 Å². The summed E-state index contributed by atoms with van der Waals surface area (Å²) in [6, 6.07) is 9.23. The normalized spacial score (nSPS) is 17.6. The van der Waals surface area contributed by atoms with E-state index in [1.807, 2.05) is 12.1 Å². The Kier molecular flexibility index (Phi) is 4.61. The molecule has 1 aliphatic rings. The van der Waals surface area contributed by atoms with Crippen LogP contribution in [0.15, 0.2) is 24.3 Å². The molecular weight excluding hydrogens is 226 g/mol. The van der Waals surface area contributed by atoms with Crippen molar-refractivity contribution in [1.29, 1.82) is 0 Å². The quantitative estimate of drug-likeness (QED) is 0.841. The molecule has 0 spiro atoms. The molecule has 1 fully saturated rings. The van der Waals surface area contributed by atoms with E-state index in [9.17, 15) is 0 Å². The van der Waals surface area contributed by atoms with E-state index in [1.54, 1.807) is 0 Å². The predicted molar refractivity (Wildman–Crippen MR) is 72.9 cm³/mol. The molecule has 3 heteroatoms. The molecule has 18 heavy (non-hydrogen) atoms. The maximum atomic E-state index is 5.68. The fourth-order valence-corrected chi connectivity index (χ4v) is 1.90. The number of rotatable bonds is 6. The summed E-state index contributed by atoms with van der Waals surface area (Å²) < 4.78 is 10.8. The first-order valence-electron chi connectivity index (χ1n) is 6.71. The molecule has 0 aromatic heterocycles. The van der Waals surface area contributed by atoms with E-state index in [2.05, 4.69) is 38.2 Å². The molecule has 1 heterocycles. The van der Waals surface area contributed by atoms with Gasteiger partial charge in [0.1, 0.15) is 5.75 Å². The third kappa shape index (κ3) is 3.72. The van der Waals surface area contributed by atoms with E-state index in [0.717, 1.165) is 25.6 Å². The van der Waals surface area contributed by atoms with Gasteiger partial charge in [-0.25, -0.2) is 0 Å². The van der Waals surface area contributed by atoms with Gasteiger partial charge in [0.25, 0.3) is 0 Å². The van der Waals surface area contributed by atoms with Gasteiger partial charge >= 0.3 is 0 Å². The first-order valence-corrected chi connectivity index (χ1v) is 6.71. The van der Waals surface area contributed by atoms with E-state index in [1.165, 1.54) is 5.56 Å². The monoisotopic (exact) mass is 249 g/mol. The third-order valence-electron chi connectivity index (χ3n) is 3.09. The molecule has 1 aromatic carbocycles. The lowest BCUT2D eigenvalue weighted by Gasteiger charge is -2.30. The van der Waals surface area contributed by atoms with Crippen LogP contribution in [0.5, 0.6) is 5.75 Å². The van der Waals surface area contributed by atoms with Crippen LogP contribution in [0.25, 0.3) is 0 Å². The molecule has 1 aromatic rings. The molecule has 100 valence electrons. The average molecular weight is 249 g/mol. The minimum Gasteiger partial charge on any atom is -0.493 e. The molecule has 0 bridgehead atoms. The van der Waals surface area contributed by atoms with Crippen LogP contribution < -0.4 is 10.1 Å². The van der Waals surface area contributed by atoms with E-state index in [4.69, 9.17) is 9.47 Å². The fourth-order valence-electron chi connectivity index (χ4n) is 1.90. The summed E-state index contributed by atoms with van der Waals surface area (Å²) in [4.78, 5) is 0. The third-order valence-corrected chi connectivity index (χ3v) is 3.09. The van der Waals surface area contributed by atoms with Gasteiger partial charge in [0.15, 0.2) is 0 Å². The standard InChI is InChI=1S/C15H23NO2/c1-11(2)8-18-15-6-4-13(5-7-15)12(3)16-14-9-17-10-14/h4-7,11-12,14,16H,8-10H2,1-3H3. The summed E-state index contributed by atoms with van der Waals surface area (Å²) in [5, 5.41) is 3.54. The van der Waals surface area contributed by atoms with E-state index in [-0.39, 0.29) is 0 Å². The van der Waals surface area contributed by atoms with Crippen LogP contribution in [-0.4, -0.2) is 25.9 Å². The minimum atomic E-state index is 0.359. The molecule has 3 nitrogen and oxygen atoms in total. The summed E-state index contributed by atoms with van der Waals surface area (Å²) in [6.07, 6.45) is 0. The van der Waals surface area contributed by atoms with Gasteiger partial charge in [0.05, 0.1) is 25.9 Å². The summed E-state index contributed by atoms with van der Waals surface area (Å²) in [5.41, 5.74) is 1.29. The topological polar surface area (TPSA) is 30.5 Å². The second-order valence-electron chi connectivity index (χ2n) is 5.40. The van der Waals surface area contributed by atoms with Gasteiger partial charge in [-0.05, 0) is 30.5 Å². The van der Waals surface area contributed by atoms with Gasteiger partial charge in [-0.3, -0.25) is 0 Å². The largest absolute Gasteiger partial charge is 0.493 e. The first-order chi connectivity index (χ1) is 8.65. The lowest BCUT2D eigenvalue weighted by Crippen LogP contribution is -2.46. The van der Waals surface area contributed by atoms with Crippen molar-refractivity contribution in [2.24, 2.45) is 5.92 Å². The summed E-state index contributed by atoms with van der Waals surface area (Å²) in [5.74, 6) is 1.51. The summed E-state index contributed by atoms with van der Waals surface area (Å²) in [7, 11) is 0. The smallest absolute Gasteiger partial charge is 0.119 e. The van der Waals surface area contributed by atoms with Crippen LogP contribution in [0.2, 0.25) is 0 Å². The van der Waals surface area contributed by atoms with Gasteiger partial charge in [0, 0.05) is 6.04 Å². The first kappa shape index (κ1) is 13.4. The Morgan fingerprint density at radius 3 is 2.39 bits per heavy atom. The number of hydrogen-bond acceptors (Lipinski definition) is 3. The van der Waals surface area contributed by atoms with Crippen LogP contribution in [-0.2, 0) is 4.74 Å². The minimum absolute atomic E-state index is 0.359. The maximum absolute atomic E-state index is 5.68. The molecule has 1 aliphatic heterocycles. The second kappa shape index (κ2) is 6.21. The van der Waals surface area contributed by atoms with Crippen molar-refractivity contribution in [2.75, 3.05) is 19.8 Å². The zero-order valence-electron chi connectivity index (χ0n) is 11.5. The molecule has 1 saturated heterocycles. The Hall–Kier alpha value is -1.06. The Labute approximate surface area is 109 Å². The Bertz CT molecular complexity index is 357. The highest BCUT2D eigenvalue weighted by atomic mass is 16.5. The average Bonchev–Trinajstić information content (AvgIpc) is 2.31. The zero-order valence-corrected chi connectivity index (χ0v) is 11.5. The van der Waals surface area contributed by atoms with Gasteiger partial charge in [-0.1, -0.05) is 26.0 Å². The highest BCUT2D eigenvalue weighted by molar-refractivity contribution is 5.29. The van der Waals surface area contributed by atoms with Crippen LogP contribution in [0.4, 0.5) is 0 Å². The van der Waals surface area contributed by atoms with Crippen molar-refractivity contribution in [1.82, 2.24) is 5.32 Å². The maximum Gasteiger partial charge on any atom is 0.119 e. The number of hydrogen-bond donors (Lipinski definition) is 1. The molecule has 0 saturated carbocycles. The molecule has 1 N–H and O–H groups in total. The van der Waals surface area contributed by atoms with Crippen molar-refractivity contribution >= 4 is 0 Å². The van der Waals surface area contributed by atoms with Crippen LogP contribution in [0.3, 0.4) is 0 Å².